The quantitative estimate of drug-likeness (QED) is 0.795. The maximum atomic E-state index is 12.7. The number of piperazine rings is 1. The summed E-state index contributed by atoms with van der Waals surface area (Å²) in [6.07, 6.45) is 5.09. The zero-order valence-corrected chi connectivity index (χ0v) is 15.9. The molecular formula is C19H30N4O3. The third-order valence-corrected chi connectivity index (χ3v) is 5.46. The highest BCUT2D eigenvalue weighted by Crippen LogP contribution is 2.25. The highest BCUT2D eigenvalue weighted by atomic mass is 16.5. The van der Waals surface area contributed by atoms with Crippen LogP contribution in [0.5, 0.6) is 0 Å². The summed E-state index contributed by atoms with van der Waals surface area (Å²) in [6, 6.07) is 2.05. The van der Waals surface area contributed by atoms with E-state index in [0.29, 0.717) is 32.7 Å². The van der Waals surface area contributed by atoms with Gasteiger partial charge in [0.05, 0.1) is 6.61 Å². The Morgan fingerprint density at radius 2 is 2.04 bits per heavy atom. The summed E-state index contributed by atoms with van der Waals surface area (Å²) in [5, 5.41) is 11.0. The highest BCUT2D eigenvalue weighted by Gasteiger charge is 2.43. The number of rotatable bonds is 6. The largest absolute Gasteiger partial charge is 0.383 e. The monoisotopic (exact) mass is 362 g/mol. The molecule has 1 amide bonds. The second-order valence-corrected chi connectivity index (χ2v) is 7.35. The van der Waals surface area contributed by atoms with Crippen molar-refractivity contribution in [1.82, 2.24) is 14.8 Å². The fourth-order valence-corrected chi connectivity index (χ4v) is 3.96. The lowest BCUT2D eigenvalue weighted by atomic mass is 9.91. The number of piperidine rings is 1. The maximum Gasteiger partial charge on any atom is 0.255 e. The van der Waals surface area contributed by atoms with Gasteiger partial charge >= 0.3 is 0 Å². The molecule has 0 aliphatic carbocycles. The molecular weight excluding hydrogens is 332 g/mol. The molecule has 1 N–H and O–H groups in total. The smallest absolute Gasteiger partial charge is 0.255 e. The summed E-state index contributed by atoms with van der Waals surface area (Å²) in [5.74, 6) is -0.145. The number of pyridine rings is 1. The van der Waals surface area contributed by atoms with E-state index >= 15 is 0 Å². The Hall–Kier alpha value is -1.70. The first-order valence-corrected chi connectivity index (χ1v) is 9.42. The van der Waals surface area contributed by atoms with Gasteiger partial charge in [-0.05, 0) is 31.4 Å². The Bertz CT molecular complexity index is 619. The van der Waals surface area contributed by atoms with Crippen molar-refractivity contribution in [3.8, 4) is 0 Å². The summed E-state index contributed by atoms with van der Waals surface area (Å²) in [7, 11) is 1.63. The third-order valence-electron chi connectivity index (χ3n) is 5.46. The van der Waals surface area contributed by atoms with Gasteiger partial charge in [0, 0.05) is 71.0 Å². The lowest BCUT2D eigenvalue weighted by Gasteiger charge is -2.43. The minimum atomic E-state index is -1.26. The van der Waals surface area contributed by atoms with Crippen LogP contribution in [0.25, 0.3) is 0 Å². The van der Waals surface area contributed by atoms with Crippen LogP contribution in [0.4, 0.5) is 5.69 Å². The minimum Gasteiger partial charge on any atom is -0.383 e. The Morgan fingerprint density at radius 1 is 1.27 bits per heavy atom. The summed E-state index contributed by atoms with van der Waals surface area (Å²) in [6.45, 7) is 7.72. The number of ether oxygens (including phenoxy) is 1. The van der Waals surface area contributed by atoms with E-state index in [2.05, 4.69) is 27.8 Å². The van der Waals surface area contributed by atoms with Crippen molar-refractivity contribution in [2.45, 2.75) is 25.4 Å². The van der Waals surface area contributed by atoms with E-state index in [9.17, 15) is 9.90 Å². The van der Waals surface area contributed by atoms with E-state index in [1.165, 1.54) is 11.3 Å². The first-order valence-electron chi connectivity index (χ1n) is 9.42. The maximum absolute atomic E-state index is 12.7. The molecule has 0 radical (unpaired) electrons. The highest BCUT2D eigenvalue weighted by molar-refractivity contribution is 5.86. The number of amides is 1. The molecule has 2 fully saturated rings. The lowest BCUT2D eigenvalue weighted by Crippen LogP contribution is -2.61. The third kappa shape index (κ3) is 4.16. The predicted molar refractivity (Wildman–Crippen MR) is 100 cm³/mol. The molecule has 3 rings (SSSR count). The van der Waals surface area contributed by atoms with Crippen LogP contribution >= 0.6 is 0 Å². The average molecular weight is 362 g/mol. The zero-order chi connectivity index (χ0) is 18.6. The van der Waals surface area contributed by atoms with Gasteiger partial charge in [-0.2, -0.15) is 0 Å². The number of carbonyl (C=O) groups is 1. The number of β-amino-alcohol motifs (C(OH)–C–C–N with tert-alkyl or cyclic N) is 1. The van der Waals surface area contributed by atoms with Crippen LogP contribution in [0.15, 0.2) is 18.5 Å². The van der Waals surface area contributed by atoms with Gasteiger partial charge in [-0.25, -0.2) is 0 Å². The van der Waals surface area contributed by atoms with Crippen molar-refractivity contribution in [2.75, 3.05) is 64.4 Å². The van der Waals surface area contributed by atoms with E-state index in [0.717, 1.165) is 32.6 Å². The summed E-state index contributed by atoms with van der Waals surface area (Å²) < 4.78 is 5.08. The van der Waals surface area contributed by atoms with Crippen molar-refractivity contribution in [2.24, 2.45) is 0 Å². The van der Waals surface area contributed by atoms with E-state index < -0.39 is 5.60 Å². The number of aromatic nitrogens is 1. The summed E-state index contributed by atoms with van der Waals surface area (Å²) in [4.78, 5) is 23.2. The van der Waals surface area contributed by atoms with E-state index in [1.807, 2.05) is 12.4 Å². The van der Waals surface area contributed by atoms with Gasteiger partial charge in [0.1, 0.15) is 0 Å². The molecule has 2 aliphatic heterocycles. The molecule has 7 heteroatoms. The molecule has 0 unspecified atom stereocenters. The van der Waals surface area contributed by atoms with Crippen LogP contribution in [0.1, 0.15) is 18.4 Å². The number of anilines is 1. The van der Waals surface area contributed by atoms with Crippen molar-refractivity contribution in [3.63, 3.8) is 0 Å². The Balaban J connectivity index is 1.56. The normalized spacial score (nSPS) is 25.0. The van der Waals surface area contributed by atoms with Crippen LogP contribution < -0.4 is 4.90 Å². The molecule has 0 saturated carbocycles. The number of hydrogen-bond donors (Lipinski definition) is 1. The van der Waals surface area contributed by atoms with Gasteiger partial charge in [0.2, 0.25) is 0 Å². The molecule has 2 saturated heterocycles. The summed E-state index contributed by atoms with van der Waals surface area (Å²) >= 11 is 0. The Labute approximate surface area is 155 Å². The number of nitrogens with zero attached hydrogens (tertiary/aromatic N) is 4. The second kappa shape index (κ2) is 8.33. The standard InChI is InChI=1S/C19H30N4O3/c1-16-14-20-6-4-17(16)22-10-8-21(9-11-22)15-19(25)5-3-7-23(18(19)24)12-13-26-2/h4,6,14,25H,3,5,7-13,15H2,1-2H3/t19-/m0/s1. The van der Waals surface area contributed by atoms with Gasteiger partial charge in [-0.1, -0.05) is 0 Å². The molecule has 0 aromatic carbocycles. The van der Waals surface area contributed by atoms with Gasteiger partial charge in [0.15, 0.2) is 5.60 Å². The minimum absolute atomic E-state index is 0.145. The van der Waals surface area contributed by atoms with Crippen LogP contribution in [0.3, 0.4) is 0 Å². The van der Waals surface area contributed by atoms with E-state index in [4.69, 9.17) is 4.74 Å². The number of likely N-dealkylation sites (tertiary alicyclic amines) is 1. The number of hydrogen-bond acceptors (Lipinski definition) is 6. The van der Waals surface area contributed by atoms with Gasteiger partial charge < -0.3 is 19.6 Å². The number of aryl methyl sites for hydroxylation is 1. The van der Waals surface area contributed by atoms with Crippen LogP contribution in [0, 0.1) is 6.92 Å². The van der Waals surface area contributed by atoms with Crippen molar-refractivity contribution in [1.29, 1.82) is 0 Å². The van der Waals surface area contributed by atoms with Gasteiger partial charge in [0.25, 0.3) is 5.91 Å². The van der Waals surface area contributed by atoms with E-state index in [1.54, 1.807) is 12.0 Å². The summed E-state index contributed by atoms with van der Waals surface area (Å²) in [5.41, 5.74) is 1.13. The van der Waals surface area contributed by atoms with Crippen molar-refractivity contribution < 1.29 is 14.6 Å². The zero-order valence-electron chi connectivity index (χ0n) is 15.9. The lowest BCUT2D eigenvalue weighted by molar-refractivity contribution is -0.160. The van der Waals surface area contributed by atoms with Gasteiger partial charge in [-0.3, -0.25) is 14.7 Å². The van der Waals surface area contributed by atoms with Crippen LogP contribution in [0.2, 0.25) is 0 Å². The number of aliphatic hydroxyl groups is 1. The molecule has 3 heterocycles. The first-order chi connectivity index (χ1) is 12.5. The fourth-order valence-electron chi connectivity index (χ4n) is 3.96. The average Bonchev–Trinajstić information content (AvgIpc) is 2.64. The molecule has 7 nitrogen and oxygen atoms in total. The Morgan fingerprint density at radius 3 is 2.73 bits per heavy atom. The topological polar surface area (TPSA) is 69.1 Å². The fraction of sp³-hybridized carbons (Fsp3) is 0.684. The van der Waals surface area contributed by atoms with Crippen LogP contribution in [-0.2, 0) is 9.53 Å². The second-order valence-electron chi connectivity index (χ2n) is 7.35. The molecule has 1 atom stereocenters. The SMILES string of the molecule is COCCN1CCC[C@](O)(CN2CCN(c3ccncc3C)CC2)C1=O. The van der Waals surface area contributed by atoms with Crippen molar-refractivity contribution in [3.05, 3.63) is 24.0 Å². The molecule has 1 aromatic heterocycles. The molecule has 26 heavy (non-hydrogen) atoms. The molecule has 144 valence electrons. The molecule has 0 spiro atoms. The molecule has 1 aromatic rings. The molecule has 0 bridgehead atoms. The van der Waals surface area contributed by atoms with Crippen LogP contribution in [-0.4, -0.2) is 90.9 Å². The molecule has 2 aliphatic rings. The van der Waals surface area contributed by atoms with Crippen molar-refractivity contribution >= 4 is 11.6 Å². The number of carbonyl (C=O) groups excluding carboxylic acids is 1. The van der Waals surface area contributed by atoms with E-state index in [-0.39, 0.29) is 5.91 Å². The number of methoxy groups -OCH3 is 1. The van der Waals surface area contributed by atoms with Gasteiger partial charge in [-0.15, -0.1) is 0 Å². The Kier molecular flexibility index (Phi) is 6.11. The predicted octanol–water partition coefficient (Wildman–Crippen LogP) is 0.512. The first kappa shape index (κ1) is 19.1.